The summed E-state index contributed by atoms with van der Waals surface area (Å²) in [5, 5.41) is 5.59. The monoisotopic (exact) mass is 516 g/mol. The first-order valence-corrected chi connectivity index (χ1v) is 11.9. The van der Waals surface area contributed by atoms with Gasteiger partial charge in [0.2, 0.25) is 4.80 Å². The van der Waals surface area contributed by atoms with E-state index in [0.717, 1.165) is 42.1 Å². The molecule has 0 fully saturated rings. The third kappa shape index (κ3) is 8.37. The van der Waals surface area contributed by atoms with Crippen LogP contribution in [0.3, 0.4) is 0 Å². The zero-order valence-corrected chi connectivity index (χ0v) is 21.7. The maximum atomic E-state index is 13.1. The number of hydrogen-bond acceptors (Lipinski definition) is 6. The molecule has 0 aliphatic rings. The zero-order valence-electron chi connectivity index (χ0n) is 20.9. The van der Waals surface area contributed by atoms with Crippen molar-refractivity contribution in [3.8, 4) is 5.75 Å². The van der Waals surface area contributed by atoms with Crippen LogP contribution in [0, 0.1) is 0 Å². The molecule has 0 unspecified atom stereocenters. The molecule has 0 saturated carbocycles. The van der Waals surface area contributed by atoms with E-state index in [4.69, 9.17) is 9.57 Å². The van der Waals surface area contributed by atoms with E-state index in [2.05, 4.69) is 10.1 Å². The first-order valence-electron chi connectivity index (χ1n) is 11.1. The lowest BCUT2D eigenvalue weighted by atomic mass is 9.98. The summed E-state index contributed by atoms with van der Waals surface area (Å²) >= 11 is 1.20. The first-order chi connectivity index (χ1) is 16.0. The van der Waals surface area contributed by atoms with Gasteiger partial charge in [-0.15, -0.1) is 0 Å². The predicted octanol–water partition coefficient (Wildman–Crippen LogP) is 6.31. The molecule has 0 aliphatic heterocycles. The number of carbonyl (C=O) groups excluding carboxylic acids is 2. The summed E-state index contributed by atoms with van der Waals surface area (Å²) in [6.45, 7) is 13.2. The summed E-state index contributed by atoms with van der Waals surface area (Å²) in [6, 6.07) is 2.45. The van der Waals surface area contributed by atoms with Gasteiger partial charge in [-0.05, 0) is 56.5 Å². The van der Waals surface area contributed by atoms with Crippen molar-refractivity contribution in [3.63, 3.8) is 0 Å². The Labute approximate surface area is 206 Å². The fraction of sp³-hybridized carbons (Fsp3) is 0.565. The minimum absolute atomic E-state index is 0.175. The van der Waals surface area contributed by atoms with Gasteiger partial charge in [-0.25, -0.2) is 14.3 Å². The van der Waals surface area contributed by atoms with Crippen LogP contribution in [0.2, 0.25) is 0 Å². The number of unbranched alkanes of at least 4 members (excludes halogenated alkanes) is 1. The Hall–Kier alpha value is -2.89. The van der Waals surface area contributed by atoms with E-state index < -0.39 is 29.5 Å². The Balaban J connectivity index is 2.46. The average molecular weight is 517 g/mol. The van der Waals surface area contributed by atoms with Gasteiger partial charge in [-0.3, -0.25) is 0 Å². The minimum atomic E-state index is -4.54. The molecule has 1 aromatic heterocycles. The molecule has 0 bridgehead atoms. The number of urea groups is 1. The lowest BCUT2D eigenvalue weighted by Crippen LogP contribution is -2.42. The molecule has 1 heterocycles. The summed E-state index contributed by atoms with van der Waals surface area (Å²) in [7, 11) is 0. The van der Waals surface area contributed by atoms with Gasteiger partial charge in [-0.1, -0.05) is 45.5 Å². The smallest absolute Gasteiger partial charge is 0.441 e. The van der Waals surface area contributed by atoms with E-state index in [1.54, 1.807) is 25.5 Å². The van der Waals surface area contributed by atoms with Gasteiger partial charge >= 0.3 is 18.3 Å². The lowest BCUT2D eigenvalue weighted by Gasteiger charge is -2.24. The number of halogens is 3. The van der Waals surface area contributed by atoms with Gasteiger partial charge in [0.1, 0.15) is 10.6 Å². The zero-order chi connectivity index (χ0) is 26.6. The van der Waals surface area contributed by atoms with Gasteiger partial charge in [-0.2, -0.15) is 23.3 Å². The van der Waals surface area contributed by atoms with Gasteiger partial charge in [0.15, 0.2) is 5.75 Å². The highest BCUT2D eigenvalue weighted by molar-refractivity contribution is 7.09. The number of hydrogen-bond donors (Lipinski definition) is 0. The van der Waals surface area contributed by atoms with Crippen LogP contribution in [-0.2, 0) is 22.9 Å². The molecule has 35 heavy (non-hydrogen) atoms. The SMILES string of the molecule is CCCCn1nc(C(C)(C)C)sc1=NC(=O)N(Oc1ccc(C(F)(F)F)cc1)C(=O)OC(C)(C)C. The maximum absolute atomic E-state index is 13.1. The highest BCUT2D eigenvalue weighted by Crippen LogP contribution is 2.30. The summed E-state index contributed by atoms with van der Waals surface area (Å²) < 4.78 is 45.5. The Morgan fingerprint density at radius 2 is 1.69 bits per heavy atom. The molecule has 3 amide bonds. The third-order valence-electron chi connectivity index (χ3n) is 4.29. The van der Waals surface area contributed by atoms with Gasteiger partial charge < -0.3 is 9.57 Å². The van der Waals surface area contributed by atoms with Crippen LogP contribution >= 0.6 is 11.3 Å². The van der Waals surface area contributed by atoms with Crippen molar-refractivity contribution >= 4 is 23.5 Å². The maximum Gasteiger partial charge on any atom is 0.453 e. The number of imide groups is 1. The molecule has 0 aliphatic carbocycles. The predicted molar refractivity (Wildman–Crippen MR) is 125 cm³/mol. The van der Waals surface area contributed by atoms with Crippen molar-refractivity contribution in [2.45, 2.75) is 85.0 Å². The average Bonchev–Trinajstić information content (AvgIpc) is 3.11. The summed E-state index contributed by atoms with van der Waals surface area (Å²) in [5.74, 6) is -0.175. The van der Waals surface area contributed by atoms with E-state index in [1.807, 2.05) is 27.7 Å². The van der Waals surface area contributed by atoms with Crippen LogP contribution in [0.4, 0.5) is 22.8 Å². The number of benzene rings is 1. The number of nitrogens with zero attached hydrogens (tertiary/aromatic N) is 4. The fourth-order valence-corrected chi connectivity index (χ4v) is 3.52. The van der Waals surface area contributed by atoms with Gasteiger partial charge in [0.25, 0.3) is 0 Å². The Morgan fingerprint density at radius 3 is 2.17 bits per heavy atom. The van der Waals surface area contributed by atoms with E-state index in [0.29, 0.717) is 6.54 Å². The number of aryl methyl sites for hydroxylation is 1. The Bertz CT molecular complexity index is 1090. The summed E-state index contributed by atoms with van der Waals surface area (Å²) in [6.07, 6.45) is -4.01. The van der Waals surface area contributed by atoms with E-state index in [-0.39, 0.29) is 21.0 Å². The van der Waals surface area contributed by atoms with Crippen LogP contribution in [0.25, 0.3) is 0 Å². The molecule has 194 valence electrons. The topological polar surface area (TPSA) is 86.0 Å². The van der Waals surface area contributed by atoms with Crippen LogP contribution in [0.5, 0.6) is 5.75 Å². The molecule has 2 aromatic rings. The Kier molecular flexibility index (Phi) is 8.75. The number of rotatable bonds is 5. The number of hydroxylamine groups is 2. The third-order valence-corrected chi connectivity index (χ3v) is 5.66. The van der Waals surface area contributed by atoms with Crippen LogP contribution in [-0.4, -0.2) is 32.6 Å². The van der Waals surface area contributed by atoms with Crippen LogP contribution in [0.1, 0.15) is 71.9 Å². The second-order valence-corrected chi connectivity index (χ2v) is 10.8. The molecule has 0 atom stereocenters. The summed E-state index contributed by atoms with van der Waals surface area (Å²) in [5.41, 5.74) is -2.16. The second kappa shape index (κ2) is 10.8. The van der Waals surface area contributed by atoms with E-state index in [1.165, 1.54) is 11.3 Å². The van der Waals surface area contributed by atoms with Crippen molar-refractivity contribution in [2.75, 3.05) is 0 Å². The second-order valence-electron chi connectivity index (χ2n) is 9.80. The molecule has 1 aromatic carbocycles. The molecular formula is C23H31F3N4O4S. The van der Waals surface area contributed by atoms with Crippen LogP contribution in [0.15, 0.2) is 29.3 Å². The molecule has 0 radical (unpaired) electrons. The number of ether oxygens (including phenoxy) is 1. The molecular weight excluding hydrogens is 485 g/mol. The molecule has 12 heteroatoms. The van der Waals surface area contributed by atoms with Crippen molar-refractivity contribution in [1.29, 1.82) is 0 Å². The van der Waals surface area contributed by atoms with E-state index >= 15 is 0 Å². The Morgan fingerprint density at radius 1 is 1.09 bits per heavy atom. The van der Waals surface area contributed by atoms with Gasteiger partial charge in [0.05, 0.1) is 5.56 Å². The van der Waals surface area contributed by atoms with Crippen molar-refractivity contribution < 1.29 is 32.3 Å². The van der Waals surface area contributed by atoms with Crippen LogP contribution < -0.4 is 9.64 Å². The number of amides is 3. The van der Waals surface area contributed by atoms with Crippen molar-refractivity contribution in [2.24, 2.45) is 4.99 Å². The molecule has 0 spiro atoms. The normalized spacial score (nSPS) is 13.0. The highest BCUT2D eigenvalue weighted by Gasteiger charge is 2.32. The minimum Gasteiger partial charge on any atom is -0.441 e. The molecule has 8 nitrogen and oxygen atoms in total. The number of aromatic nitrogens is 2. The van der Waals surface area contributed by atoms with Gasteiger partial charge in [0, 0.05) is 12.0 Å². The highest BCUT2D eigenvalue weighted by atomic mass is 32.1. The number of alkyl halides is 3. The lowest BCUT2D eigenvalue weighted by molar-refractivity contribution is -0.137. The standard InChI is InChI=1S/C23H31F3N4O4S/c1-8-9-14-29-19(35-17(28-29)21(2,3)4)27-18(31)30(20(32)33-22(5,6)7)34-16-12-10-15(11-13-16)23(24,25)26/h10-13H,8-9,14H2,1-7H3. The fourth-order valence-electron chi connectivity index (χ4n) is 2.54. The number of carbonyl (C=O) groups is 2. The van der Waals surface area contributed by atoms with Crippen molar-refractivity contribution in [1.82, 2.24) is 14.8 Å². The first kappa shape index (κ1) is 28.3. The van der Waals surface area contributed by atoms with E-state index in [9.17, 15) is 22.8 Å². The summed E-state index contributed by atoms with van der Waals surface area (Å²) in [4.78, 5) is 35.5. The largest absolute Gasteiger partial charge is 0.453 e. The molecule has 0 saturated heterocycles. The molecule has 2 rings (SSSR count). The quantitative estimate of drug-likeness (QED) is 0.435. The molecule has 0 N–H and O–H groups in total. The van der Waals surface area contributed by atoms with Crippen molar-refractivity contribution in [3.05, 3.63) is 39.6 Å².